The van der Waals surface area contributed by atoms with Crippen molar-refractivity contribution in [1.29, 1.82) is 0 Å². The number of rotatable bonds is 5. The second-order valence-corrected chi connectivity index (χ2v) is 6.70. The standard InChI is InChI=1S/C13H17ClF3N3O2S/c1-22-11(21)9-10(14)19-12(23-9)18-6-8-2-4-20(5-3-8)7-13(15,16)17/h8H,2-7H2,1H3,(H,18,19). The van der Waals surface area contributed by atoms with Crippen LogP contribution in [0, 0.1) is 5.92 Å². The van der Waals surface area contributed by atoms with Crippen LogP contribution in [0.15, 0.2) is 0 Å². The van der Waals surface area contributed by atoms with Crippen molar-refractivity contribution in [3.05, 3.63) is 10.0 Å². The molecule has 0 unspecified atom stereocenters. The minimum absolute atomic E-state index is 0.0874. The van der Waals surface area contributed by atoms with E-state index in [-0.39, 0.29) is 15.9 Å². The predicted octanol–water partition coefficient (Wildman–Crippen LogP) is 3.27. The van der Waals surface area contributed by atoms with E-state index < -0.39 is 18.7 Å². The number of esters is 1. The molecule has 0 amide bonds. The van der Waals surface area contributed by atoms with Crippen molar-refractivity contribution in [2.24, 2.45) is 5.92 Å². The first-order valence-corrected chi connectivity index (χ1v) is 8.25. The van der Waals surface area contributed by atoms with Crippen molar-refractivity contribution >= 4 is 34.0 Å². The lowest BCUT2D eigenvalue weighted by Gasteiger charge is -2.32. The van der Waals surface area contributed by atoms with E-state index in [4.69, 9.17) is 11.6 Å². The van der Waals surface area contributed by atoms with Crippen molar-refractivity contribution in [2.75, 3.05) is 38.6 Å². The molecule has 1 aliphatic heterocycles. The van der Waals surface area contributed by atoms with Crippen LogP contribution in [0.2, 0.25) is 5.15 Å². The first-order valence-electron chi connectivity index (χ1n) is 7.06. The van der Waals surface area contributed by atoms with Crippen LogP contribution in [-0.2, 0) is 4.74 Å². The van der Waals surface area contributed by atoms with Gasteiger partial charge in [0.05, 0.1) is 13.7 Å². The van der Waals surface area contributed by atoms with Crippen molar-refractivity contribution in [1.82, 2.24) is 9.88 Å². The molecule has 23 heavy (non-hydrogen) atoms. The van der Waals surface area contributed by atoms with E-state index in [0.29, 0.717) is 37.6 Å². The van der Waals surface area contributed by atoms with Gasteiger partial charge in [-0.2, -0.15) is 13.2 Å². The Morgan fingerprint density at radius 2 is 2.13 bits per heavy atom. The van der Waals surface area contributed by atoms with Gasteiger partial charge in [-0.3, -0.25) is 4.90 Å². The third-order valence-electron chi connectivity index (χ3n) is 3.61. The molecule has 5 nitrogen and oxygen atoms in total. The van der Waals surface area contributed by atoms with E-state index >= 15 is 0 Å². The molecule has 2 heterocycles. The van der Waals surface area contributed by atoms with Gasteiger partial charge in [-0.15, -0.1) is 0 Å². The molecule has 1 N–H and O–H groups in total. The first-order chi connectivity index (χ1) is 10.8. The summed E-state index contributed by atoms with van der Waals surface area (Å²) in [5.74, 6) is -0.273. The van der Waals surface area contributed by atoms with Gasteiger partial charge >= 0.3 is 12.1 Å². The lowest BCUT2D eigenvalue weighted by atomic mass is 9.97. The number of piperidine rings is 1. The number of alkyl halides is 3. The van der Waals surface area contributed by atoms with Gasteiger partial charge in [0.1, 0.15) is 0 Å². The monoisotopic (exact) mass is 371 g/mol. The number of anilines is 1. The molecule has 10 heteroatoms. The Hall–Kier alpha value is -1.06. The summed E-state index contributed by atoms with van der Waals surface area (Å²) >= 11 is 6.97. The van der Waals surface area contributed by atoms with E-state index in [2.05, 4.69) is 15.0 Å². The first kappa shape index (κ1) is 18.3. The number of carbonyl (C=O) groups is 1. The van der Waals surface area contributed by atoms with Crippen molar-refractivity contribution in [3.63, 3.8) is 0 Å². The van der Waals surface area contributed by atoms with Crippen LogP contribution in [0.1, 0.15) is 22.5 Å². The molecule has 2 rings (SSSR count). The molecular weight excluding hydrogens is 355 g/mol. The van der Waals surface area contributed by atoms with E-state index in [1.54, 1.807) is 0 Å². The molecule has 1 saturated heterocycles. The maximum atomic E-state index is 12.3. The smallest absolute Gasteiger partial charge is 0.401 e. The number of methoxy groups -OCH3 is 1. The van der Waals surface area contributed by atoms with Gasteiger partial charge < -0.3 is 10.1 Å². The molecule has 0 bridgehead atoms. The van der Waals surface area contributed by atoms with Gasteiger partial charge in [0.25, 0.3) is 0 Å². The van der Waals surface area contributed by atoms with Crippen LogP contribution in [0.25, 0.3) is 0 Å². The summed E-state index contributed by atoms with van der Waals surface area (Å²) in [4.78, 5) is 17.1. The summed E-state index contributed by atoms with van der Waals surface area (Å²) < 4.78 is 41.6. The average molecular weight is 372 g/mol. The Kier molecular flexibility index (Phi) is 6.10. The van der Waals surface area contributed by atoms with Gasteiger partial charge in [0.2, 0.25) is 0 Å². The third-order valence-corrected chi connectivity index (χ3v) is 4.99. The number of nitrogens with one attached hydrogen (secondary N) is 1. The zero-order valence-electron chi connectivity index (χ0n) is 12.5. The SMILES string of the molecule is COC(=O)c1sc(NCC2CCN(CC(F)(F)F)CC2)nc1Cl. The van der Waals surface area contributed by atoms with Crippen molar-refractivity contribution in [2.45, 2.75) is 19.0 Å². The third kappa shape index (κ3) is 5.50. The maximum absolute atomic E-state index is 12.3. The molecule has 1 aromatic rings. The van der Waals surface area contributed by atoms with Crippen LogP contribution in [0.4, 0.5) is 18.3 Å². The van der Waals surface area contributed by atoms with Gasteiger partial charge in [-0.25, -0.2) is 9.78 Å². The Morgan fingerprint density at radius 1 is 1.48 bits per heavy atom. The molecule has 130 valence electrons. The summed E-state index contributed by atoms with van der Waals surface area (Å²) in [5, 5.41) is 3.69. The molecule has 0 atom stereocenters. The summed E-state index contributed by atoms with van der Waals surface area (Å²) in [6, 6.07) is 0. The molecule has 1 aliphatic rings. The lowest BCUT2D eigenvalue weighted by molar-refractivity contribution is -0.148. The highest BCUT2D eigenvalue weighted by Crippen LogP contribution is 2.28. The molecule has 0 spiro atoms. The Balaban J connectivity index is 1.79. The van der Waals surface area contributed by atoms with Crippen LogP contribution >= 0.6 is 22.9 Å². The molecule has 0 aliphatic carbocycles. The number of nitrogens with zero attached hydrogens (tertiary/aromatic N) is 2. The number of halogens is 4. The summed E-state index contributed by atoms with van der Waals surface area (Å²) in [6.07, 6.45) is -2.77. The molecule has 0 radical (unpaired) electrons. The van der Waals surface area contributed by atoms with Gasteiger partial charge in [-0.1, -0.05) is 22.9 Å². The summed E-state index contributed by atoms with van der Waals surface area (Å²) in [5.41, 5.74) is 0. The second kappa shape index (κ2) is 7.67. The number of thiazole rings is 1. The molecule has 0 saturated carbocycles. The lowest BCUT2D eigenvalue weighted by Crippen LogP contribution is -2.41. The number of hydrogen-bond donors (Lipinski definition) is 1. The fourth-order valence-electron chi connectivity index (χ4n) is 2.43. The quantitative estimate of drug-likeness (QED) is 0.805. The number of likely N-dealkylation sites (tertiary alicyclic amines) is 1. The summed E-state index contributed by atoms with van der Waals surface area (Å²) in [6.45, 7) is 0.595. The topological polar surface area (TPSA) is 54.5 Å². The highest BCUT2D eigenvalue weighted by atomic mass is 35.5. The number of aromatic nitrogens is 1. The zero-order chi connectivity index (χ0) is 17.0. The van der Waals surface area contributed by atoms with Crippen molar-refractivity contribution in [3.8, 4) is 0 Å². The van der Waals surface area contributed by atoms with E-state index in [0.717, 1.165) is 11.3 Å². The highest BCUT2D eigenvalue weighted by Gasteiger charge is 2.32. The minimum Gasteiger partial charge on any atom is -0.465 e. The fourth-order valence-corrected chi connectivity index (χ4v) is 3.54. The maximum Gasteiger partial charge on any atom is 0.401 e. The van der Waals surface area contributed by atoms with Crippen LogP contribution < -0.4 is 5.32 Å². The number of ether oxygens (including phenoxy) is 1. The minimum atomic E-state index is -4.15. The Labute approximate surface area is 140 Å². The predicted molar refractivity (Wildman–Crippen MR) is 82.2 cm³/mol. The molecular formula is C13H17ClF3N3O2S. The fraction of sp³-hybridized carbons (Fsp3) is 0.692. The summed E-state index contributed by atoms with van der Waals surface area (Å²) in [7, 11) is 1.26. The van der Waals surface area contributed by atoms with E-state index in [9.17, 15) is 18.0 Å². The normalized spacial score (nSPS) is 17.3. The van der Waals surface area contributed by atoms with Gasteiger partial charge in [-0.05, 0) is 31.8 Å². The van der Waals surface area contributed by atoms with Gasteiger partial charge in [0.15, 0.2) is 15.2 Å². The molecule has 0 aromatic carbocycles. The highest BCUT2D eigenvalue weighted by molar-refractivity contribution is 7.18. The number of hydrogen-bond acceptors (Lipinski definition) is 6. The number of carbonyl (C=O) groups excluding carboxylic acids is 1. The largest absolute Gasteiger partial charge is 0.465 e. The molecule has 1 fully saturated rings. The van der Waals surface area contributed by atoms with E-state index in [1.807, 2.05) is 0 Å². The van der Waals surface area contributed by atoms with Crippen LogP contribution in [0.3, 0.4) is 0 Å². The Bertz CT molecular complexity index is 545. The van der Waals surface area contributed by atoms with Crippen molar-refractivity contribution < 1.29 is 22.7 Å². The Morgan fingerprint density at radius 3 is 2.70 bits per heavy atom. The van der Waals surface area contributed by atoms with E-state index in [1.165, 1.54) is 12.0 Å². The molecule has 1 aromatic heterocycles. The second-order valence-electron chi connectivity index (χ2n) is 5.35. The van der Waals surface area contributed by atoms with Gasteiger partial charge in [0, 0.05) is 6.54 Å². The average Bonchev–Trinajstić information content (AvgIpc) is 2.85. The van der Waals surface area contributed by atoms with Crippen LogP contribution in [0.5, 0.6) is 0 Å². The zero-order valence-corrected chi connectivity index (χ0v) is 14.0. The van der Waals surface area contributed by atoms with Crippen LogP contribution in [-0.4, -0.2) is 55.3 Å².